The van der Waals surface area contributed by atoms with Crippen LogP contribution < -0.4 is 5.73 Å². The van der Waals surface area contributed by atoms with Crippen LogP contribution in [0.4, 0.5) is 8.78 Å². The average Bonchev–Trinajstić information content (AvgIpc) is 2.28. The molecule has 0 unspecified atom stereocenters. The zero-order valence-electron chi connectivity index (χ0n) is 9.83. The fourth-order valence-electron chi connectivity index (χ4n) is 1.34. The molecule has 0 fully saturated rings. The minimum atomic E-state index is -3.90. The highest BCUT2D eigenvalue weighted by Gasteiger charge is 2.49. The molecule has 1 atom stereocenters. The first kappa shape index (κ1) is 18.4. The van der Waals surface area contributed by atoms with E-state index in [1.165, 1.54) is 25.1 Å². The molecule has 1 aromatic rings. The fraction of sp³-hybridized carbons (Fsp3) is 0.364. The lowest BCUT2D eigenvalue weighted by atomic mass is 10.0. The van der Waals surface area contributed by atoms with Crippen molar-refractivity contribution in [3.63, 3.8) is 0 Å². The Kier molecular flexibility index (Phi) is 7.00. The van der Waals surface area contributed by atoms with Gasteiger partial charge in [0.05, 0.1) is 6.61 Å². The molecule has 0 saturated carbocycles. The van der Waals surface area contributed by atoms with Gasteiger partial charge in [0, 0.05) is 15.6 Å². The first-order chi connectivity index (χ1) is 8.32. The molecule has 0 saturated heterocycles. The van der Waals surface area contributed by atoms with Gasteiger partial charge in [0.1, 0.15) is 6.04 Å². The highest BCUT2D eigenvalue weighted by molar-refractivity contribution is 6.36. The van der Waals surface area contributed by atoms with Crippen molar-refractivity contribution < 1.29 is 18.3 Å². The lowest BCUT2D eigenvalue weighted by Gasteiger charge is -2.23. The Balaban J connectivity index is 0.00000324. The molecule has 0 aliphatic heterocycles. The van der Waals surface area contributed by atoms with Crippen LogP contribution >= 0.6 is 35.6 Å². The SMILES string of the molecule is CCOC(=O)C(F)(F)[C@H](N)c1c(Cl)cccc1Cl.Cl. The zero-order chi connectivity index (χ0) is 13.9. The van der Waals surface area contributed by atoms with Crippen molar-refractivity contribution in [2.75, 3.05) is 6.61 Å². The normalized spacial score (nSPS) is 12.5. The maximum atomic E-state index is 13.7. The van der Waals surface area contributed by atoms with Crippen LogP contribution in [0.3, 0.4) is 0 Å². The van der Waals surface area contributed by atoms with E-state index in [2.05, 4.69) is 4.74 Å². The van der Waals surface area contributed by atoms with Crippen LogP contribution in [0.15, 0.2) is 18.2 Å². The Morgan fingerprint density at radius 1 is 1.42 bits per heavy atom. The third-order valence-electron chi connectivity index (χ3n) is 2.25. The van der Waals surface area contributed by atoms with Crippen molar-refractivity contribution in [2.24, 2.45) is 5.73 Å². The molecule has 0 aliphatic rings. The number of hydrogen-bond donors (Lipinski definition) is 1. The Labute approximate surface area is 125 Å². The summed E-state index contributed by atoms with van der Waals surface area (Å²) in [6, 6.07) is 2.26. The standard InChI is InChI=1S/C11H11Cl2F2NO2.ClH/c1-2-18-10(17)11(14,15)9(16)8-6(12)4-3-5-7(8)13;/h3-5,9H,2,16H2,1H3;1H/t9-;/m1./s1. The Hall–Kier alpha value is -0.620. The first-order valence-electron chi connectivity index (χ1n) is 5.06. The highest BCUT2D eigenvalue weighted by Crippen LogP contribution is 2.38. The largest absolute Gasteiger partial charge is 0.462 e. The van der Waals surface area contributed by atoms with Gasteiger partial charge in [-0.3, -0.25) is 0 Å². The second kappa shape index (κ2) is 7.24. The number of hydrogen-bond acceptors (Lipinski definition) is 3. The summed E-state index contributed by atoms with van der Waals surface area (Å²) in [6.45, 7) is 1.25. The van der Waals surface area contributed by atoms with E-state index in [1.807, 2.05) is 0 Å². The summed E-state index contributed by atoms with van der Waals surface area (Å²) < 4.78 is 31.7. The summed E-state index contributed by atoms with van der Waals surface area (Å²) in [6.07, 6.45) is 0. The number of esters is 1. The van der Waals surface area contributed by atoms with Gasteiger partial charge >= 0.3 is 11.9 Å². The Morgan fingerprint density at radius 3 is 2.32 bits per heavy atom. The molecule has 108 valence electrons. The van der Waals surface area contributed by atoms with E-state index in [-0.39, 0.29) is 34.6 Å². The van der Waals surface area contributed by atoms with Crippen LogP contribution in [0.1, 0.15) is 18.5 Å². The van der Waals surface area contributed by atoms with E-state index >= 15 is 0 Å². The third kappa shape index (κ3) is 3.92. The van der Waals surface area contributed by atoms with Crippen LogP contribution in [-0.2, 0) is 9.53 Å². The molecule has 0 bridgehead atoms. The molecule has 1 aromatic carbocycles. The van der Waals surface area contributed by atoms with Gasteiger partial charge in [-0.1, -0.05) is 29.3 Å². The maximum absolute atomic E-state index is 13.7. The van der Waals surface area contributed by atoms with Gasteiger partial charge in [0.25, 0.3) is 0 Å². The zero-order valence-corrected chi connectivity index (χ0v) is 12.2. The summed E-state index contributed by atoms with van der Waals surface area (Å²) in [5.41, 5.74) is 5.20. The third-order valence-corrected chi connectivity index (χ3v) is 2.91. The number of nitrogens with two attached hydrogens (primary N) is 1. The second-order valence-electron chi connectivity index (χ2n) is 3.46. The molecule has 8 heteroatoms. The predicted molar refractivity (Wildman–Crippen MR) is 72.2 cm³/mol. The van der Waals surface area contributed by atoms with Gasteiger partial charge in [-0.15, -0.1) is 12.4 Å². The van der Waals surface area contributed by atoms with Gasteiger partial charge in [-0.2, -0.15) is 8.78 Å². The molecule has 19 heavy (non-hydrogen) atoms. The number of carbonyl (C=O) groups is 1. The van der Waals surface area contributed by atoms with Gasteiger partial charge < -0.3 is 10.5 Å². The molecule has 2 N–H and O–H groups in total. The van der Waals surface area contributed by atoms with E-state index in [0.29, 0.717) is 0 Å². The second-order valence-corrected chi connectivity index (χ2v) is 4.27. The summed E-state index contributed by atoms with van der Waals surface area (Å²) in [5.74, 6) is -5.60. The quantitative estimate of drug-likeness (QED) is 0.856. The number of halogens is 5. The average molecular weight is 335 g/mol. The van der Waals surface area contributed by atoms with Gasteiger partial charge in [0.2, 0.25) is 0 Å². The lowest BCUT2D eigenvalue weighted by Crippen LogP contribution is -2.42. The van der Waals surface area contributed by atoms with Crippen molar-refractivity contribution in [3.8, 4) is 0 Å². The summed E-state index contributed by atoms with van der Waals surface area (Å²) >= 11 is 11.5. The molecule has 0 radical (unpaired) electrons. The van der Waals surface area contributed by atoms with Crippen LogP contribution in [0.25, 0.3) is 0 Å². The summed E-state index contributed by atoms with van der Waals surface area (Å²) in [5, 5.41) is -0.0575. The maximum Gasteiger partial charge on any atom is 0.379 e. The number of rotatable bonds is 4. The van der Waals surface area contributed by atoms with Crippen molar-refractivity contribution in [1.82, 2.24) is 0 Å². The molecule has 0 aliphatic carbocycles. The number of carbonyl (C=O) groups excluding carboxylic acids is 1. The fourth-order valence-corrected chi connectivity index (χ4v) is 1.98. The van der Waals surface area contributed by atoms with E-state index < -0.39 is 17.9 Å². The minimum Gasteiger partial charge on any atom is -0.462 e. The van der Waals surface area contributed by atoms with Gasteiger partial charge in [-0.05, 0) is 19.1 Å². The lowest BCUT2D eigenvalue weighted by molar-refractivity contribution is -0.174. The van der Waals surface area contributed by atoms with Crippen molar-refractivity contribution >= 4 is 41.6 Å². The monoisotopic (exact) mass is 333 g/mol. The predicted octanol–water partition coefficient (Wildman–Crippen LogP) is 3.61. The van der Waals surface area contributed by atoms with E-state index in [4.69, 9.17) is 28.9 Å². The summed E-state index contributed by atoms with van der Waals surface area (Å²) in [4.78, 5) is 11.2. The number of benzene rings is 1. The molecule has 0 heterocycles. The molecule has 3 nitrogen and oxygen atoms in total. The van der Waals surface area contributed by atoms with Gasteiger partial charge in [0.15, 0.2) is 0 Å². The molecule has 0 spiro atoms. The summed E-state index contributed by atoms with van der Waals surface area (Å²) in [7, 11) is 0. The van der Waals surface area contributed by atoms with E-state index in [9.17, 15) is 13.6 Å². The molecular weight excluding hydrogens is 322 g/mol. The van der Waals surface area contributed by atoms with Crippen LogP contribution in [0.2, 0.25) is 10.0 Å². The van der Waals surface area contributed by atoms with Crippen LogP contribution in [0.5, 0.6) is 0 Å². The highest BCUT2D eigenvalue weighted by atomic mass is 35.5. The smallest absolute Gasteiger partial charge is 0.379 e. The van der Waals surface area contributed by atoms with E-state index in [0.717, 1.165) is 0 Å². The first-order valence-corrected chi connectivity index (χ1v) is 5.82. The molecule has 1 rings (SSSR count). The van der Waals surface area contributed by atoms with Gasteiger partial charge in [-0.25, -0.2) is 4.79 Å². The van der Waals surface area contributed by atoms with E-state index in [1.54, 1.807) is 0 Å². The Morgan fingerprint density at radius 2 is 1.89 bits per heavy atom. The molecule has 0 aromatic heterocycles. The van der Waals surface area contributed by atoms with Crippen LogP contribution in [0, 0.1) is 0 Å². The van der Waals surface area contributed by atoms with Crippen molar-refractivity contribution in [1.29, 1.82) is 0 Å². The van der Waals surface area contributed by atoms with Crippen molar-refractivity contribution in [2.45, 2.75) is 18.9 Å². The topological polar surface area (TPSA) is 52.3 Å². The minimum absolute atomic E-state index is 0. The number of ether oxygens (including phenoxy) is 1. The Bertz CT molecular complexity index is 437. The molecular formula is C11H12Cl3F2NO2. The van der Waals surface area contributed by atoms with Crippen LogP contribution in [-0.4, -0.2) is 18.5 Å². The van der Waals surface area contributed by atoms with Crippen molar-refractivity contribution in [3.05, 3.63) is 33.8 Å². The molecule has 0 amide bonds. The number of alkyl halides is 2.